The summed E-state index contributed by atoms with van der Waals surface area (Å²) >= 11 is 6.19. The van der Waals surface area contributed by atoms with Crippen molar-refractivity contribution in [2.24, 2.45) is 4.99 Å². The van der Waals surface area contributed by atoms with Gasteiger partial charge in [-0.15, -0.1) is 11.3 Å². The number of thiophene rings is 1. The lowest BCUT2D eigenvalue weighted by Crippen LogP contribution is -2.30. The Hall–Kier alpha value is -1.90. The van der Waals surface area contributed by atoms with Crippen LogP contribution in [0.25, 0.3) is 6.08 Å². The second kappa shape index (κ2) is 7.99. The summed E-state index contributed by atoms with van der Waals surface area (Å²) in [4.78, 5) is 30.6. The minimum absolute atomic E-state index is 0.0421. The van der Waals surface area contributed by atoms with Crippen molar-refractivity contribution in [3.8, 4) is 0 Å². The third-order valence-electron chi connectivity index (χ3n) is 3.32. The lowest BCUT2D eigenvalue weighted by molar-refractivity contribution is -0.136. The zero-order valence-corrected chi connectivity index (χ0v) is 16.1. The third-order valence-corrected chi connectivity index (χ3v) is 5.90. The molecule has 5 nitrogen and oxygen atoms in total. The fourth-order valence-electron chi connectivity index (χ4n) is 2.20. The maximum Gasteiger partial charge on any atom is 0.305 e. The summed E-state index contributed by atoms with van der Waals surface area (Å²) in [5.74, 6) is -1.20. The summed E-state index contributed by atoms with van der Waals surface area (Å²) in [6, 6.07) is 13.2. The standard InChI is InChI=1S/C17H13BrN2O3S2/c18-14-7-6-12(24-14)10-13-16(23)19-17(25-13)20(9-8-15(21)22)11-4-2-1-3-5-11/h1-7,10H,8-9H2,(H,21,22)/b13-10+. The number of amidine groups is 1. The molecule has 0 unspecified atom stereocenters. The van der Waals surface area contributed by atoms with Crippen LogP contribution in [-0.4, -0.2) is 28.7 Å². The van der Waals surface area contributed by atoms with Gasteiger partial charge in [-0.3, -0.25) is 9.59 Å². The highest BCUT2D eigenvalue weighted by atomic mass is 79.9. The lowest BCUT2D eigenvalue weighted by atomic mass is 10.3. The number of para-hydroxylation sites is 1. The van der Waals surface area contributed by atoms with Crippen molar-refractivity contribution in [3.05, 3.63) is 56.0 Å². The van der Waals surface area contributed by atoms with E-state index in [1.807, 2.05) is 42.5 Å². The molecule has 0 atom stereocenters. The molecule has 2 heterocycles. The van der Waals surface area contributed by atoms with Crippen LogP contribution in [0.1, 0.15) is 11.3 Å². The van der Waals surface area contributed by atoms with Gasteiger partial charge in [0.25, 0.3) is 5.91 Å². The number of nitrogens with zero attached hydrogens (tertiary/aromatic N) is 2. The quantitative estimate of drug-likeness (QED) is 0.700. The van der Waals surface area contributed by atoms with Crippen LogP contribution < -0.4 is 4.90 Å². The van der Waals surface area contributed by atoms with Gasteiger partial charge in [0.2, 0.25) is 0 Å². The normalized spacial score (nSPS) is 15.5. The second-order valence-corrected chi connectivity index (χ2v) is 8.59. The fourth-order valence-corrected chi connectivity index (χ4v) is 4.59. The van der Waals surface area contributed by atoms with E-state index in [2.05, 4.69) is 20.9 Å². The topological polar surface area (TPSA) is 70.0 Å². The third kappa shape index (κ3) is 4.59. The maximum absolute atomic E-state index is 12.2. The van der Waals surface area contributed by atoms with Crippen LogP contribution in [0.2, 0.25) is 0 Å². The van der Waals surface area contributed by atoms with Gasteiger partial charge in [-0.25, -0.2) is 0 Å². The SMILES string of the molecule is O=C(O)CCN(C1=NC(=O)/C(=C\c2ccc(Br)s2)S1)c1ccccc1. The maximum atomic E-state index is 12.2. The van der Waals surface area contributed by atoms with Crippen LogP contribution in [0, 0.1) is 0 Å². The number of hydrogen-bond acceptors (Lipinski definition) is 5. The number of carboxylic acids is 1. The number of aliphatic carboxylic acids is 1. The molecule has 1 aliphatic rings. The van der Waals surface area contributed by atoms with Crippen LogP contribution in [0.5, 0.6) is 0 Å². The first-order valence-corrected chi connectivity index (χ1v) is 9.78. The Balaban J connectivity index is 1.84. The molecule has 1 amide bonds. The number of carbonyl (C=O) groups excluding carboxylic acids is 1. The monoisotopic (exact) mass is 436 g/mol. The molecule has 25 heavy (non-hydrogen) atoms. The first-order chi connectivity index (χ1) is 12.0. The minimum Gasteiger partial charge on any atom is -0.481 e. The van der Waals surface area contributed by atoms with Gasteiger partial charge in [0.05, 0.1) is 15.1 Å². The smallest absolute Gasteiger partial charge is 0.305 e. The Morgan fingerprint density at radius 2 is 2.00 bits per heavy atom. The van der Waals surface area contributed by atoms with E-state index in [1.165, 1.54) is 23.1 Å². The Labute approximate surface area is 161 Å². The van der Waals surface area contributed by atoms with E-state index < -0.39 is 5.97 Å². The number of rotatable bonds is 5. The molecule has 0 radical (unpaired) electrons. The van der Waals surface area contributed by atoms with Gasteiger partial charge in [0.15, 0.2) is 5.17 Å². The first kappa shape index (κ1) is 17.9. The van der Waals surface area contributed by atoms with Crippen LogP contribution >= 0.6 is 39.0 Å². The summed E-state index contributed by atoms with van der Waals surface area (Å²) in [6.45, 7) is 0.246. The van der Waals surface area contributed by atoms with Crippen LogP contribution in [0.4, 0.5) is 5.69 Å². The molecule has 3 rings (SSSR count). The fraction of sp³-hybridized carbons (Fsp3) is 0.118. The van der Waals surface area contributed by atoms with Gasteiger partial charge in [0, 0.05) is 17.1 Å². The Morgan fingerprint density at radius 1 is 1.24 bits per heavy atom. The summed E-state index contributed by atoms with van der Waals surface area (Å²) in [7, 11) is 0. The Kier molecular flexibility index (Phi) is 5.72. The number of hydrogen-bond donors (Lipinski definition) is 1. The predicted molar refractivity (Wildman–Crippen MR) is 106 cm³/mol. The number of carboxylic acid groups (broad SMARTS) is 1. The van der Waals surface area contributed by atoms with E-state index in [9.17, 15) is 9.59 Å². The first-order valence-electron chi connectivity index (χ1n) is 7.35. The predicted octanol–water partition coefficient (Wildman–Crippen LogP) is 4.46. The molecule has 1 N–H and O–H groups in total. The molecule has 0 spiro atoms. The highest BCUT2D eigenvalue weighted by molar-refractivity contribution is 9.11. The van der Waals surface area contributed by atoms with E-state index in [0.717, 1.165) is 14.4 Å². The molecule has 128 valence electrons. The van der Waals surface area contributed by atoms with Crippen molar-refractivity contribution in [2.75, 3.05) is 11.4 Å². The van der Waals surface area contributed by atoms with E-state index in [-0.39, 0.29) is 18.9 Å². The van der Waals surface area contributed by atoms with Crippen molar-refractivity contribution in [1.82, 2.24) is 0 Å². The van der Waals surface area contributed by atoms with Gasteiger partial charge in [0.1, 0.15) is 0 Å². The van der Waals surface area contributed by atoms with Gasteiger partial charge >= 0.3 is 5.97 Å². The van der Waals surface area contributed by atoms with Crippen LogP contribution in [0.3, 0.4) is 0 Å². The van der Waals surface area contributed by atoms with E-state index in [4.69, 9.17) is 5.11 Å². The van der Waals surface area contributed by atoms with Gasteiger partial charge in [-0.05, 0) is 58.0 Å². The van der Waals surface area contributed by atoms with Crippen molar-refractivity contribution >= 4 is 67.8 Å². The summed E-state index contributed by atoms with van der Waals surface area (Å²) in [5, 5.41) is 9.50. The molecule has 8 heteroatoms. The number of benzene rings is 1. The summed E-state index contributed by atoms with van der Waals surface area (Å²) < 4.78 is 0.989. The number of aliphatic imine (C=N–C) groups is 1. The Bertz CT molecular complexity index is 862. The average Bonchev–Trinajstić information content (AvgIpc) is 3.15. The molecule has 0 saturated heterocycles. The number of amides is 1. The molecular weight excluding hydrogens is 424 g/mol. The Morgan fingerprint density at radius 3 is 2.64 bits per heavy atom. The zero-order valence-electron chi connectivity index (χ0n) is 12.9. The molecule has 1 aromatic heterocycles. The molecular formula is C17H13BrN2O3S2. The lowest BCUT2D eigenvalue weighted by Gasteiger charge is -2.22. The van der Waals surface area contributed by atoms with Crippen molar-refractivity contribution in [1.29, 1.82) is 0 Å². The average molecular weight is 437 g/mol. The zero-order chi connectivity index (χ0) is 17.8. The number of anilines is 1. The molecule has 0 saturated carbocycles. The van der Waals surface area contributed by atoms with E-state index in [0.29, 0.717) is 10.1 Å². The minimum atomic E-state index is -0.893. The van der Waals surface area contributed by atoms with Gasteiger partial charge < -0.3 is 10.0 Å². The summed E-state index contributed by atoms with van der Waals surface area (Å²) in [5.41, 5.74) is 0.808. The van der Waals surface area contributed by atoms with Crippen molar-refractivity contribution in [3.63, 3.8) is 0 Å². The van der Waals surface area contributed by atoms with Crippen molar-refractivity contribution < 1.29 is 14.7 Å². The molecule has 1 aliphatic heterocycles. The largest absolute Gasteiger partial charge is 0.481 e. The van der Waals surface area contributed by atoms with Crippen molar-refractivity contribution in [2.45, 2.75) is 6.42 Å². The second-order valence-electron chi connectivity index (χ2n) is 5.08. The van der Waals surface area contributed by atoms with Crippen LogP contribution in [0.15, 0.2) is 56.1 Å². The molecule has 0 aliphatic carbocycles. The van der Waals surface area contributed by atoms with Crippen LogP contribution in [-0.2, 0) is 9.59 Å². The number of carbonyl (C=O) groups is 2. The number of thioether (sulfide) groups is 1. The highest BCUT2D eigenvalue weighted by Crippen LogP contribution is 2.34. The molecule has 1 aromatic carbocycles. The number of halogens is 1. The van der Waals surface area contributed by atoms with E-state index >= 15 is 0 Å². The molecule has 0 bridgehead atoms. The van der Waals surface area contributed by atoms with Gasteiger partial charge in [-0.1, -0.05) is 18.2 Å². The van der Waals surface area contributed by atoms with Gasteiger partial charge in [-0.2, -0.15) is 4.99 Å². The van der Waals surface area contributed by atoms with E-state index in [1.54, 1.807) is 11.0 Å². The highest BCUT2D eigenvalue weighted by Gasteiger charge is 2.27. The molecule has 2 aromatic rings. The molecule has 0 fully saturated rings. The summed E-state index contributed by atoms with van der Waals surface area (Å²) in [6.07, 6.45) is 1.76.